The van der Waals surface area contributed by atoms with Crippen LogP contribution in [0, 0.1) is 10.6 Å². The van der Waals surface area contributed by atoms with Gasteiger partial charge in [-0.05, 0) is 49.5 Å². The summed E-state index contributed by atoms with van der Waals surface area (Å²) in [7, 11) is 0. The van der Waals surface area contributed by atoms with Gasteiger partial charge in [0.15, 0.2) is 4.77 Å². The third-order valence-electron chi connectivity index (χ3n) is 3.20. The number of hydrogen-bond acceptors (Lipinski definition) is 2. The van der Waals surface area contributed by atoms with E-state index in [0.29, 0.717) is 4.77 Å². The first kappa shape index (κ1) is 12.2. The monoisotopic (exact) mass is 276 g/mol. The van der Waals surface area contributed by atoms with Gasteiger partial charge in [0.2, 0.25) is 0 Å². The summed E-state index contributed by atoms with van der Waals surface area (Å²) in [5.41, 5.74) is 1.63. The number of furan rings is 1. The van der Waals surface area contributed by atoms with Gasteiger partial charge in [-0.15, -0.1) is 0 Å². The molecule has 3 rings (SSSR count). The molecule has 19 heavy (non-hydrogen) atoms. The Morgan fingerprint density at radius 3 is 3.00 bits per heavy atom. The highest BCUT2D eigenvalue weighted by Crippen LogP contribution is 2.22. The van der Waals surface area contributed by atoms with Crippen LogP contribution in [0.1, 0.15) is 18.7 Å². The van der Waals surface area contributed by atoms with E-state index in [9.17, 15) is 4.39 Å². The lowest BCUT2D eigenvalue weighted by atomic mass is 10.2. The first-order valence-corrected chi connectivity index (χ1v) is 6.48. The zero-order valence-corrected chi connectivity index (χ0v) is 11.2. The van der Waals surface area contributed by atoms with E-state index in [2.05, 4.69) is 11.9 Å². The molecule has 0 fully saturated rings. The van der Waals surface area contributed by atoms with Gasteiger partial charge < -0.3 is 14.0 Å². The number of imidazole rings is 1. The molecule has 1 N–H and O–H groups in total. The van der Waals surface area contributed by atoms with Crippen LogP contribution in [0.2, 0.25) is 0 Å². The van der Waals surface area contributed by atoms with Crippen molar-refractivity contribution in [3.8, 4) is 0 Å². The van der Waals surface area contributed by atoms with Gasteiger partial charge in [0.05, 0.1) is 17.3 Å². The standard InChI is InChI=1S/C14H13FN2OS/c1-9(7-11-3-2-6-18-11)17-13-5-4-10(15)8-12(13)16-14(17)19/h2-6,8-9H,7H2,1H3,(H,16,19). The van der Waals surface area contributed by atoms with Gasteiger partial charge in [0, 0.05) is 12.5 Å². The maximum Gasteiger partial charge on any atom is 0.178 e. The van der Waals surface area contributed by atoms with Crippen molar-refractivity contribution < 1.29 is 8.81 Å². The Labute approximate surface area is 114 Å². The first-order chi connectivity index (χ1) is 9.15. The number of aromatic amines is 1. The maximum absolute atomic E-state index is 13.2. The third kappa shape index (κ3) is 2.21. The minimum atomic E-state index is -0.269. The van der Waals surface area contributed by atoms with Gasteiger partial charge in [-0.1, -0.05) is 0 Å². The fourth-order valence-electron chi connectivity index (χ4n) is 2.35. The van der Waals surface area contributed by atoms with E-state index in [4.69, 9.17) is 16.6 Å². The molecule has 0 aliphatic rings. The molecule has 1 atom stereocenters. The van der Waals surface area contributed by atoms with Crippen molar-refractivity contribution in [1.29, 1.82) is 0 Å². The van der Waals surface area contributed by atoms with Gasteiger partial charge in [-0.3, -0.25) is 0 Å². The van der Waals surface area contributed by atoms with Gasteiger partial charge >= 0.3 is 0 Å². The lowest BCUT2D eigenvalue weighted by Gasteiger charge is -2.13. The zero-order valence-electron chi connectivity index (χ0n) is 10.4. The molecule has 2 aromatic heterocycles. The van der Waals surface area contributed by atoms with E-state index in [1.165, 1.54) is 12.1 Å². The summed E-state index contributed by atoms with van der Waals surface area (Å²) in [6, 6.07) is 8.59. The van der Waals surface area contributed by atoms with Crippen LogP contribution in [-0.2, 0) is 6.42 Å². The number of nitrogens with zero attached hydrogens (tertiary/aromatic N) is 1. The van der Waals surface area contributed by atoms with E-state index in [1.54, 1.807) is 12.3 Å². The van der Waals surface area contributed by atoms with Crippen molar-refractivity contribution >= 4 is 23.3 Å². The summed E-state index contributed by atoms with van der Waals surface area (Å²) in [6.45, 7) is 2.06. The third-order valence-corrected chi connectivity index (χ3v) is 3.49. The van der Waals surface area contributed by atoms with E-state index < -0.39 is 0 Å². The lowest BCUT2D eigenvalue weighted by molar-refractivity contribution is 0.452. The van der Waals surface area contributed by atoms with E-state index in [0.717, 1.165) is 23.2 Å². The van der Waals surface area contributed by atoms with Crippen LogP contribution in [0.5, 0.6) is 0 Å². The molecule has 3 aromatic rings. The summed E-state index contributed by atoms with van der Waals surface area (Å²) in [6.07, 6.45) is 2.40. The molecule has 0 spiro atoms. The van der Waals surface area contributed by atoms with Crippen LogP contribution in [0.25, 0.3) is 11.0 Å². The molecule has 5 heteroatoms. The molecule has 0 aliphatic heterocycles. The molecule has 0 aliphatic carbocycles. The lowest BCUT2D eigenvalue weighted by Crippen LogP contribution is -2.07. The Kier molecular flexibility index (Phi) is 2.98. The fourth-order valence-corrected chi connectivity index (χ4v) is 2.74. The second-order valence-electron chi connectivity index (χ2n) is 4.59. The van der Waals surface area contributed by atoms with Crippen molar-refractivity contribution in [3.63, 3.8) is 0 Å². The second-order valence-corrected chi connectivity index (χ2v) is 4.98. The Morgan fingerprint density at radius 2 is 2.26 bits per heavy atom. The van der Waals surface area contributed by atoms with Gasteiger partial charge in [0.25, 0.3) is 0 Å². The SMILES string of the molecule is CC(Cc1ccco1)n1c(=S)[nH]c2cc(F)ccc21. The van der Waals surface area contributed by atoms with E-state index in [1.807, 2.05) is 16.7 Å². The highest BCUT2D eigenvalue weighted by atomic mass is 32.1. The zero-order chi connectivity index (χ0) is 13.4. The summed E-state index contributed by atoms with van der Waals surface area (Å²) < 4.78 is 21.2. The molecule has 3 nitrogen and oxygen atoms in total. The minimum Gasteiger partial charge on any atom is -0.469 e. The van der Waals surface area contributed by atoms with Crippen LogP contribution in [0.4, 0.5) is 4.39 Å². The first-order valence-electron chi connectivity index (χ1n) is 6.07. The molecular formula is C14H13FN2OS. The Hall–Kier alpha value is -1.88. The molecule has 0 radical (unpaired) electrons. The Bertz CT molecular complexity index is 757. The largest absolute Gasteiger partial charge is 0.469 e. The smallest absolute Gasteiger partial charge is 0.178 e. The number of benzene rings is 1. The number of aromatic nitrogens is 2. The molecule has 0 saturated heterocycles. The van der Waals surface area contributed by atoms with Crippen molar-refractivity contribution in [3.05, 3.63) is 52.9 Å². The minimum absolute atomic E-state index is 0.137. The molecule has 98 valence electrons. The summed E-state index contributed by atoms with van der Waals surface area (Å²) in [4.78, 5) is 3.04. The molecule has 1 unspecified atom stereocenters. The molecular weight excluding hydrogens is 263 g/mol. The number of halogens is 1. The van der Waals surface area contributed by atoms with Crippen LogP contribution in [0.3, 0.4) is 0 Å². The number of nitrogens with one attached hydrogen (secondary N) is 1. The van der Waals surface area contributed by atoms with Gasteiger partial charge in [-0.25, -0.2) is 4.39 Å². The van der Waals surface area contributed by atoms with Gasteiger partial charge in [-0.2, -0.15) is 0 Å². The predicted molar refractivity (Wildman–Crippen MR) is 74.2 cm³/mol. The topological polar surface area (TPSA) is 33.9 Å². The second kappa shape index (κ2) is 4.66. The summed E-state index contributed by atoms with van der Waals surface area (Å²) in [5, 5.41) is 0. The van der Waals surface area contributed by atoms with Crippen LogP contribution in [-0.4, -0.2) is 9.55 Å². The highest BCUT2D eigenvalue weighted by molar-refractivity contribution is 7.71. The summed E-state index contributed by atoms with van der Waals surface area (Å²) >= 11 is 5.32. The Balaban J connectivity index is 2.04. The number of fused-ring (bicyclic) bond motifs is 1. The average Bonchev–Trinajstić information content (AvgIpc) is 2.95. The molecule has 0 saturated carbocycles. The average molecular weight is 276 g/mol. The molecule has 2 heterocycles. The molecule has 0 bridgehead atoms. The van der Waals surface area contributed by atoms with E-state index in [-0.39, 0.29) is 11.9 Å². The van der Waals surface area contributed by atoms with Crippen molar-refractivity contribution in [2.24, 2.45) is 0 Å². The normalized spacial score (nSPS) is 12.9. The van der Waals surface area contributed by atoms with Crippen LogP contribution < -0.4 is 0 Å². The maximum atomic E-state index is 13.2. The molecule has 0 amide bonds. The van der Waals surface area contributed by atoms with Crippen molar-refractivity contribution in [2.45, 2.75) is 19.4 Å². The van der Waals surface area contributed by atoms with E-state index >= 15 is 0 Å². The highest BCUT2D eigenvalue weighted by Gasteiger charge is 2.13. The number of rotatable bonds is 3. The predicted octanol–water partition coefficient (Wildman–Crippen LogP) is 4.23. The van der Waals surface area contributed by atoms with Crippen molar-refractivity contribution in [1.82, 2.24) is 9.55 Å². The fraction of sp³-hybridized carbons (Fsp3) is 0.214. The number of hydrogen-bond donors (Lipinski definition) is 1. The Morgan fingerprint density at radius 1 is 1.42 bits per heavy atom. The molecule has 1 aromatic carbocycles. The van der Waals surface area contributed by atoms with Crippen molar-refractivity contribution in [2.75, 3.05) is 0 Å². The van der Waals surface area contributed by atoms with Gasteiger partial charge in [0.1, 0.15) is 11.6 Å². The number of H-pyrrole nitrogens is 1. The summed E-state index contributed by atoms with van der Waals surface area (Å²) in [5.74, 6) is 0.639. The van der Waals surface area contributed by atoms with Crippen LogP contribution in [0.15, 0.2) is 41.0 Å². The quantitative estimate of drug-likeness (QED) is 0.726. The van der Waals surface area contributed by atoms with Crippen LogP contribution >= 0.6 is 12.2 Å².